The summed E-state index contributed by atoms with van der Waals surface area (Å²) in [5.74, 6) is -0.246. The molecule has 104 valence electrons. The van der Waals surface area contributed by atoms with Crippen LogP contribution in [0.2, 0.25) is 0 Å². The molecule has 0 amide bonds. The molecule has 4 nitrogen and oxygen atoms in total. The van der Waals surface area contributed by atoms with Crippen molar-refractivity contribution in [3.8, 4) is 11.3 Å². The number of ether oxygens (including phenoxy) is 1. The Morgan fingerprint density at radius 3 is 3.15 bits per heavy atom. The highest BCUT2D eigenvalue weighted by Crippen LogP contribution is 2.43. The Morgan fingerprint density at radius 1 is 1.40 bits per heavy atom. The van der Waals surface area contributed by atoms with E-state index in [0.717, 1.165) is 16.8 Å². The predicted molar refractivity (Wildman–Crippen MR) is 70.7 cm³/mol. The highest BCUT2D eigenvalue weighted by atomic mass is 19.1. The van der Waals surface area contributed by atoms with E-state index in [0.29, 0.717) is 19.4 Å². The van der Waals surface area contributed by atoms with E-state index >= 15 is 0 Å². The maximum atomic E-state index is 13.6. The van der Waals surface area contributed by atoms with Gasteiger partial charge in [0, 0.05) is 18.6 Å². The molecule has 1 saturated heterocycles. The third-order valence-corrected chi connectivity index (χ3v) is 4.21. The second-order valence-electron chi connectivity index (χ2n) is 5.45. The Bertz CT molecular complexity index is 655. The Kier molecular flexibility index (Phi) is 2.65. The van der Waals surface area contributed by atoms with Crippen LogP contribution >= 0.6 is 0 Å². The number of halogens is 1. The van der Waals surface area contributed by atoms with Crippen molar-refractivity contribution in [1.82, 2.24) is 9.55 Å². The maximum Gasteiger partial charge on any atom is 0.123 e. The van der Waals surface area contributed by atoms with Crippen molar-refractivity contribution >= 4 is 0 Å². The topological polar surface area (TPSA) is 47.3 Å². The third kappa shape index (κ3) is 1.70. The first-order valence-electron chi connectivity index (χ1n) is 6.85. The van der Waals surface area contributed by atoms with Crippen LogP contribution < -0.4 is 0 Å². The first-order valence-corrected chi connectivity index (χ1v) is 6.85. The first kappa shape index (κ1) is 12.1. The van der Waals surface area contributed by atoms with Gasteiger partial charge in [-0.2, -0.15) is 0 Å². The van der Waals surface area contributed by atoms with E-state index in [1.807, 2.05) is 4.57 Å². The Hall–Kier alpha value is -1.72. The highest BCUT2D eigenvalue weighted by molar-refractivity contribution is 5.69. The Morgan fingerprint density at radius 2 is 2.30 bits per heavy atom. The van der Waals surface area contributed by atoms with E-state index in [4.69, 9.17) is 4.74 Å². The van der Waals surface area contributed by atoms with Crippen molar-refractivity contribution in [3.63, 3.8) is 0 Å². The fourth-order valence-electron chi connectivity index (χ4n) is 3.31. The highest BCUT2D eigenvalue weighted by Gasteiger charge is 2.37. The zero-order chi connectivity index (χ0) is 13.7. The summed E-state index contributed by atoms with van der Waals surface area (Å²) in [4.78, 5) is 4.18. The van der Waals surface area contributed by atoms with Crippen molar-refractivity contribution in [2.45, 2.75) is 31.1 Å². The minimum atomic E-state index is -0.349. The largest absolute Gasteiger partial charge is 0.393 e. The van der Waals surface area contributed by atoms with Crippen LogP contribution in [-0.2, 0) is 4.74 Å². The average molecular weight is 274 g/mol. The van der Waals surface area contributed by atoms with Gasteiger partial charge in [-0.05, 0) is 30.2 Å². The molecule has 1 aromatic heterocycles. The Balaban J connectivity index is 1.82. The molecule has 2 aromatic rings. The van der Waals surface area contributed by atoms with Crippen molar-refractivity contribution < 1.29 is 14.2 Å². The zero-order valence-corrected chi connectivity index (χ0v) is 10.9. The molecule has 2 unspecified atom stereocenters. The SMILES string of the molecule is OC1CCOC([C@@H]2c3cc(F)ccc3-c3cncn32)C1. The number of hydrogen-bond donors (Lipinski definition) is 1. The second-order valence-corrected chi connectivity index (χ2v) is 5.45. The van der Waals surface area contributed by atoms with Gasteiger partial charge in [-0.3, -0.25) is 0 Å². The predicted octanol–water partition coefficient (Wildman–Crippen LogP) is 2.13. The summed E-state index contributed by atoms with van der Waals surface area (Å²) in [6.45, 7) is 0.539. The lowest BCUT2D eigenvalue weighted by atomic mass is 9.93. The van der Waals surface area contributed by atoms with Crippen LogP contribution in [0.3, 0.4) is 0 Å². The van der Waals surface area contributed by atoms with Crippen LogP contribution in [-0.4, -0.2) is 33.5 Å². The minimum absolute atomic E-state index is 0.104. The zero-order valence-electron chi connectivity index (χ0n) is 10.9. The number of benzene rings is 1. The van der Waals surface area contributed by atoms with E-state index in [9.17, 15) is 9.50 Å². The molecular weight excluding hydrogens is 259 g/mol. The van der Waals surface area contributed by atoms with Gasteiger partial charge in [-0.25, -0.2) is 9.37 Å². The van der Waals surface area contributed by atoms with Crippen LogP contribution in [0, 0.1) is 5.82 Å². The van der Waals surface area contributed by atoms with Crippen molar-refractivity contribution in [3.05, 3.63) is 42.1 Å². The number of aliphatic hydroxyl groups excluding tert-OH is 1. The van der Waals surface area contributed by atoms with Crippen LogP contribution in [0.25, 0.3) is 11.3 Å². The van der Waals surface area contributed by atoms with Gasteiger partial charge < -0.3 is 14.4 Å². The molecule has 1 fully saturated rings. The van der Waals surface area contributed by atoms with Crippen molar-refractivity contribution in [1.29, 1.82) is 0 Å². The lowest BCUT2D eigenvalue weighted by molar-refractivity contribution is -0.0580. The molecule has 4 rings (SSSR count). The molecule has 3 atom stereocenters. The van der Waals surface area contributed by atoms with Crippen LogP contribution in [0.15, 0.2) is 30.7 Å². The molecule has 2 aliphatic heterocycles. The summed E-state index contributed by atoms with van der Waals surface area (Å²) >= 11 is 0. The lowest BCUT2D eigenvalue weighted by Gasteiger charge is -2.32. The van der Waals surface area contributed by atoms with Gasteiger partial charge in [0.2, 0.25) is 0 Å². The summed E-state index contributed by atoms with van der Waals surface area (Å²) in [6.07, 6.45) is 4.28. The smallest absolute Gasteiger partial charge is 0.123 e. The molecule has 1 aromatic carbocycles. The van der Waals surface area contributed by atoms with E-state index in [2.05, 4.69) is 4.98 Å². The molecule has 5 heteroatoms. The van der Waals surface area contributed by atoms with E-state index in [1.165, 1.54) is 6.07 Å². The van der Waals surface area contributed by atoms with Crippen LogP contribution in [0.1, 0.15) is 24.4 Å². The van der Waals surface area contributed by atoms with Crippen LogP contribution in [0.4, 0.5) is 4.39 Å². The standard InChI is InChI=1S/C15H15FN2O2/c16-9-1-2-11-12(5-9)15(18-8-17-7-13(11)18)14-6-10(19)3-4-20-14/h1-2,5,7-8,10,14-15,19H,3-4,6H2/t10?,14?,15-/m0/s1. The minimum Gasteiger partial charge on any atom is -0.393 e. The molecular formula is C15H15FN2O2. The number of hydrogen-bond acceptors (Lipinski definition) is 3. The van der Waals surface area contributed by atoms with Gasteiger partial charge in [0.05, 0.1) is 36.5 Å². The van der Waals surface area contributed by atoms with E-state index < -0.39 is 0 Å². The normalized spacial score (nSPS) is 28.2. The lowest BCUT2D eigenvalue weighted by Crippen LogP contribution is -2.35. The van der Waals surface area contributed by atoms with Crippen molar-refractivity contribution in [2.75, 3.05) is 6.61 Å². The molecule has 0 radical (unpaired) electrons. The molecule has 1 N–H and O–H groups in total. The Labute approximate surface area is 115 Å². The number of fused-ring (bicyclic) bond motifs is 3. The molecule has 0 bridgehead atoms. The second kappa shape index (κ2) is 4.40. The summed E-state index contributed by atoms with van der Waals surface area (Å²) in [6, 6.07) is 4.72. The summed E-state index contributed by atoms with van der Waals surface area (Å²) in [5, 5.41) is 9.86. The summed E-state index contributed by atoms with van der Waals surface area (Å²) in [5.41, 5.74) is 2.90. The van der Waals surface area contributed by atoms with Gasteiger partial charge >= 0.3 is 0 Å². The summed E-state index contributed by atoms with van der Waals surface area (Å²) < 4.78 is 21.4. The van der Waals surface area contributed by atoms with Gasteiger partial charge in [0.1, 0.15) is 5.82 Å². The van der Waals surface area contributed by atoms with Gasteiger partial charge in [-0.15, -0.1) is 0 Å². The van der Waals surface area contributed by atoms with Crippen molar-refractivity contribution in [2.24, 2.45) is 0 Å². The molecule has 0 saturated carbocycles. The maximum absolute atomic E-state index is 13.6. The molecule has 0 aliphatic carbocycles. The van der Waals surface area contributed by atoms with Gasteiger partial charge in [0.15, 0.2) is 0 Å². The molecule has 0 spiro atoms. The fraction of sp³-hybridized carbons (Fsp3) is 0.400. The summed E-state index contributed by atoms with van der Waals surface area (Å²) in [7, 11) is 0. The molecule has 3 heterocycles. The fourth-order valence-corrected chi connectivity index (χ4v) is 3.31. The number of rotatable bonds is 1. The van der Waals surface area contributed by atoms with E-state index in [-0.39, 0.29) is 24.1 Å². The number of aromatic nitrogens is 2. The van der Waals surface area contributed by atoms with Crippen LogP contribution in [0.5, 0.6) is 0 Å². The average Bonchev–Trinajstić information content (AvgIpc) is 2.98. The third-order valence-electron chi connectivity index (χ3n) is 4.21. The number of aliphatic hydroxyl groups is 1. The quantitative estimate of drug-likeness (QED) is 0.866. The van der Waals surface area contributed by atoms with Gasteiger partial charge in [0.25, 0.3) is 0 Å². The van der Waals surface area contributed by atoms with Gasteiger partial charge in [-0.1, -0.05) is 0 Å². The monoisotopic (exact) mass is 274 g/mol. The molecule has 2 aliphatic rings. The number of imidazole rings is 1. The first-order chi connectivity index (χ1) is 9.74. The number of nitrogens with zero attached hydrogens (tertiary/aromatic N) is 2. The molecule has 20 heavy (non-hydrogen) atoms. The van der Waals surface area contributed by atoms with E-state index in [1.54, 1.807) is 24.7 Å².